The van der Waals surface area contributed by atoms with Crippen molar-refractivity contribution in [1.82, 2.24) is 9.55 Å². The van der Waals surface area contributed by atoms with Gasteiger partial charge in [-0.05, 0) is 84.5 Å². The number of hydrogen-bond acceptors (Lipinski definition) is 1. The fourth-order valence-corrected chi connectivity index (χ4v) is 6.15. The maximum Gasteiger partial charge on any atom is 0.146 e. The van der Waals surface area contributed by atoms with Crippen LogP contribution < -0.4 is 0 Å². The van der Waals surface area contributed by atoms with Crippen molar-refractivity contribution in [2.24, 2.45) is 0 Å². The molecule has 0 aliphatic heterocycles. The van der Waals surface area contributed by atoms with Crippen LogP contribution in [0.15, 0.2) is 157 Å². The monoisotopic (exact) mass is 559 g/mol. The van der Waals surface area contributed by atoms with Crippen LogP contribution in [-0.4, -0.2) is 9.55 Å². The predicted octanol–water partition coefficient (Wildman–Crippen LogP) is 11.0. The van der Waals surface area contributed by atoms with Gasteiger partial charge in [-0.1, -0.05) is 127 Å². The maximum absolute atomic E-state index is 9.48. The first-order valence-corrected chi connectivity index (χ1v) is 13.7. The van der Waals surface area contributed by atoms with Crippen LogP contribution in [0.4, 0.5) is 0 Å². The summed E-state index contributed by atoms with van der Waals surface area (Å²) in [5.41, 5.74) is 0.786. The van der Waals surface area contributed by atoms with Gasteiger partial charge < -0.3 is 0 Å². The lowest BCUT2D eigenvalue weighted by molar-refractivity contribution is 1.11. The van der Waals surface area contributed by atoms with E-state index >= 15 is 0 Å². The number of benzene rings is 8. The van der Waals surface area contributed by atoms with E-state index in [0.29, 0.717) is 16.5 Å². The van der Waals surface area contributed by atoms with Gasteiger partial charge in [-0.25, -0.2) is 4.98 Å². The van der Waals surface area contributed by atoms with Gasteiger partial charge in [0.2, 0.25) is 0 Å². The molecule has 43 heavy (non-hydrogen) atoms. The van der Waals surface area contributed by atoms with Gasteiger partial charge >= 0.3 is 0 Å². The molecule has 0 aliphatic rings. The second-order valence-electron chi connectivity index (χ2n) is 10.2. The molecule has 0 fully saturated rings. The predicted molar refractivity (Wildman–Crippen MR) is 182 cm³/mol. The fourth-order valence-electron chi connectivity index (χ4n) is 6.15. The zero-order chi connectivity index (χ0) is 39.6. The molecule has 0 saturated carbocycles. The molecule has 0 bridgehead atoms. The molecule has 0 aliphatic carbocycles. The number of para-hydroxylation sites is 3. The van der Waals surface area contributed by atoms with E-state index in [1.165, 1.54) is 4.57 Å². The third kappa shape index (κ3) is 3.57. The molecule has 9 rings (SSSR count). The summed E-state index contributed by atoms with van der Waals surface area (Å²) in [4.78, 5) is 4.88. The van der Waals surface area contributed by atoms with Crippen molar-refractivity contribution in [3.05, 3.63) is 157 Å². The summed E-state index contributed by atoms with van der Waals surface area (Å²) in [6.07, 6.45) is 0. The second-order valence-corrected chi connectivity index (χ2v) is 10.2. The van der Waals surface area contributed by atoms with Crippen molar-refractivity contribution >= 4 is 54.1 Å². The average Bonchev–Trinajstić information content (AvgIpc) is 3.59. The molecule has 200 valence electrons. The van der Waals surface area contributed by atoms with Crippen LogP contribution in [0.5, 0.6) is 0 Å². The van der Waals surface area contributed by atoms with E-state index < -0.39 is 78.6 Å². The number of aromatic nitrogens is 2. The van der Waals surface area contributed by atoms with Crippen LogP contribution in [0.2, 0.25) is 0 Å². The van der Waals surface area contributed by atoms with Gasteiger partial charge in [-0.15, -0.1) is 0 Å². The first kappa shape index (κ1) is 14.4. The molecule has 0 unspecified atom stereocenters. The van der Waals surface area contributed by atoms with Crippen LogP contribution >= 0.6 is 0 Å². The zero-order valence-corrected chi connectivity index (χ0v) is 22.4. The SMILES string of the molecule is [2H]c1c([2H])c([2H])c(-n2c(-c3c4c([2H])c([2H])c([2H])c([2H])c4c(-c4cc5ccccc5c5ccccc45)c4c([2H])c([2H])c([2H])c([2H])c34)nc3ccccc32)c([2H])c1[2H]. The van der Waals surface area contributed by atoms with E-state index in [-0.39, 0.29) is 49.7 Å². The Hall–Kier alpha value is -5.73. The Balaban J connectivity index is 1.63. The zero-order valence-electron chi connectivity index (χ0n) is 35.4. The van der Waals surface area contributed by atoms with Crippen LogP contribution in [0.3, 0.4) is 0 Å². The van der Waals surface area contributed by atoms with E-state index in [4.69, 9.17) is 17.3 Å². The number of fused-ring (bicyclic) bond motifs is 6. The second kappa shape index (κ2) is 9.40. The van der Waals surface area contributed by atoms with Crippen molar-refractivity contribution < 1.29 is 17.8 Å². The van der Waals surface area contributed by atoms with E-state index in [2.05, 4.69) is 0 Å². The lowest BCUT2D eigenvalue weighted by Gasteiger charge is -2.20. The highest BCUT2D eigenvalue weighted by atomic mass is 15.1. The summed E-state index contributed by atoms with van der Waals surface area (Å²) in [5.74, 6) is -0.148. The van der Waals surface area contributed by atoms with Gasteiger partial charge in [0.05, 0.1) is 28.9 Å². The molecule has 0 spiro atoms. The maximum atomic E-state index is 9.48. The molecule has 0 atom stereocenters. The summed E-state index contributed by atoms with van der Waals surface area (Å²) >= 11 is 0. The van der Waals surface area contributed by atoms with E-state index in [9.17, 15) is 5.48 Å². The highest BCUT2D eigenvalue weighted by molar-refractivity contribution is 6.25. The van der Waals surface area contributed by atoms with Crippen molar-refractivity contribution in [2.45, 2.75) is 0 Å². The molecule has 0 saturated heterocycles. The minimum absolute atomic E-state index is 0.0383. The molecular weight excluding hydrogens is 520 g/mol. The third-order valence-corrected chi connectivity index (χ3v) is 7.91. The normalized spacial score (nSPS) is 16.0. The summed E-state index contributed by atoms with van der Waals surface area (Å²) in [6, 6.07) is 16.2. The van der Waals surface area contributed by atoms with Gasteiger partial charge in [-0.3, -0.25) is 4.57 Å². The van der Waals surface area contributed by atoms with Crippen LogP contribution in [0.1, 0.15) is 17.8 Å². The van der Waals surface area contributed by atoms with Gasteiger partial charge in [0, 0.05) is 11.3 Å². The van der Waals surface area contributed by atoms with Crippen molar-refractivity contribution in [2.75, 3.05) is 0 Å². The van der Waals surface area contributed by atoms with Gasteiger partial charge in [0.25, 0.3) is 0 Å². The van der Waals surface area contributed by atoms with Crippen LogP contribution in [0.25, 0.3) is 82.3 Å². The van der Waals surface area contributed by atoms with Gasteiger partial charge in [0.1, 0.15) is 5.82 Å². The topological polar surface area (TPSA) is 17.8 Å². The first-order chi connectivity index (χ1) is 26.8. The van der Waals surface area contributed by atoms with Crippen molar-refractivity contribution in [3.63, 3.8) is 0 Å². The molecule has 1 aromatic heterocycles. The number of rotatable bonds is 3. The summed E-state index contributed by atoms with van der Waals surface area (Å²) in [5, 5.41) is 2.87. The van der Waals surface area contributed by atoms with E-state index in [0.717, 1.165) is 16.2 Å². The van der Waals surface area contributed by atoms with Gasteiger partial charge in [-0.2, -0.15) is 0 Å². The average molecular weight is 560 g/mol. The Morgan fingerprint density at radius 2 is 1.05 bits per heavy atom. The highest BCUT2D eigenvalue weighted by Crippen LogP contribution is 2.47. The lowest BCUT2D eigenvalue weighted by atomic mass is 9.85. The van der Waals surface area contributed by atoms with Crippen molar-refractivity contribution in [1.29, 1.82) is 0 Å². The smallest absolute Gasteiger partial charge is 0.146 e. The number of hydrogen-bond donors (Lipinski definition) is 0. The van der Waals surface area contributed by atoms with Gasteiger partial charge in [0.15, 0.2) is 0 Å². The molecule has 0 radical (unpaired) electrons. The summed E-state index contributed by atoms with van der Waals surface area (Å²) in [6.45, 7) is 0. The lowest BCUT2D eigenvalue weighted by Crippen LogP contribution is -1.99. The minimum atomic E-state index is -0.624. The van der Waals surface area contributed by atoms with E-state index in [1.54, 1.807) is 24.3 Å². The Bertz CT molecular complexity index is 3140. The molecule has 8 aromatic carbocycles. The molecule has 2 heteroatoms. The van der Waals surface area contributed by atoms with Crippen molar-refractivity contribution in [3.8, 4) is 28.2 Å². The molecule has 0 N–H and O–H groups in total. The Morgan fingerprint density at radius 3 is 1.77 bits per heavy atom. The summed E-state index contributed by atoms with van der Waals surface area (Å²) in [7, 11) is 0. The Morgan fingerprint density at radius 1 is 0.488 bits per heavy atom. The minimum Gasteiger partial charge on any atom is -0.292 e. The molecular formula is C41H26N2. The molecule has 1 heterocycles. The quantitative estimate of drug-likeness (QED) is 0.155. The summed E-state index contributed by atoms with van der Waals surface area (Å²) < 4.78 is 118. The fraction of sp³-hybridized carbons (Fsp3) is 0. The van der Waals surface area contributed by atoms with Crippen LogP contribution in [-0.2, 0) is 0 Å². The Kier molecular flexibility index (Phi) is 3.16. The third-order valence-electron chi connectivity index (χ3n) is 7.91. The Labute approximate surface area is 267 Å². The number of nitrogens with zero attached hydrogens (tertiary/aromatic N) is 2. The van der Waals surface area contributed by atoms with E-state index in [1.807, 2.05) is 54.6 Å². The standard InChI is InChI=1S/C41H26N2/c1-2-15-28(16-3-1)43-38-25-13-12-24-37(38)42-41(43)40-34-22-10-8-20-32(34)39(33-21-9-11-23-35(33)40)36-26-27-14-4-5-17-29(27)30-18-6-7-19-31(30)36/h1-26H/i1D,2D,3D,8D,9D,10D,11D,15D,16D,20D,21D,22D,23D. The number of imidazole rings is 1. The largest absolute Gasteiger partial charge is 0.292 e. The van der Waals surface area contributed by atoms with Crippen LogP contribution in [0, 0.1) is 0 Å². The molecule has 9 aromatic rings. The highest BCUT2D eigenvalue weighted by Gasteiger charge is 2.23. The first-order valence-electron chi connectivity index (χ1n) is 20.2. The molecule has 0 amide bonds. The molecule has 2 nitrogen and oxygen atoms in total.